The maximum Gasteiger partial charge on any atom is 0.424 e. The number of hydrogen-bond acceptors (Lipinski definition) is 5. The largest absolute Gasteiger partial charge is 0.443 e. The number of rotatable bonds is 4. The van der Waals surface area contributed by atoms with Gasteiger partial charge in [0.2, 0.25) is 5.91 Å². The fraction of sp³-hybridized carbons (Fsp3) is 0.500. The van der Waals surface area contributed by atoms with Gasteiger partial charge < -0.3 is 9.47 Å². The number of ether oxygens (including phenoxy) is 2. The Morgan fingerprint density at radius 2 is 1.88 bits per heavy atom. The molecule has 0 radical (unpaired) electrons. The Kier molecular flexibility index (Phi) is 6.35. The number of piperidine rings is 1. The van der Waals surface area contributed by atoms with E-state index in [1.165, 1.54) is 0 Å². The summed E-state index contributed by atoms with van der Waals surface area (Å²) in [6.45, 7) is 5.36. The van der Waals surface area contributed by atoms with E-state index in [1.54, 1.807) is 20.8 Å². The zero-order chi connectivity index (χ0) is 18.6. The molecule has 0 aliphatic carbocycles. The highest BCUT2D eigenvalue weighted by Gasteiger charge is 2.41. The molecule has 1 atom stereocenters. The first-order valence-electron chi connectivity index (χ1n) is 8.13. The fourth-order valence-corrected chi connectivity index (χ4v) is 2.65. The Hall–Kier alpha value is -1.73. The van der Waals surface area contributed by atoms with Gasteiger partial charge in [0, 0.05) is 10.9 Å². The second kappa shape index (κ2) is 8.10. The molecule has 6 nitrogen and oxygen atoms in total. The molecule has 0 N–H and O–H groups in total. The second-order valence-corrected chi connectivity index (χ2v) is 7.74. The van der Waals surface area contributed by atoms with Crippen LogP contribution in [0.2, 0.25) is 0 Å². The molecule has 1 aliphatic heterocycles. The first kappa shape index (κ1) is 19.6. The van der Waals surface area contributed by atoms with E-state index in [2.05, 4.69) is 15.9 Å². The molecule has 1 saturated heterocycles. The normalized spacial score (nSPS) is 18.4. The lowest BCUT2D eigenvalue weighted by Crippen LogP contribution is -2.53. The van der Waals surface area contributed by atoms with Gasteiger partial charge in [-0.1, -0.05) is 28.1 Å². The zero-order valence-corrected chi connectivity index (χ0v) is 16.2. The third kappa shape index (κ3) is 5.64. The molecule has 1 fully saturated rings. The number of benzene rings is 1. The molecule has 25 heavy (non-hydrogen) atoms. The van der Waals surface area contributed by atoms with E-state index in [9.17, 15) is 14.4 Å². The van der Waals surface area contributed by atoms with Crippen molar-refractivity contribution >= 4 is 33.8 Å². The van der Waals surface area contributed by atoms with E-state index >= 15 is 0 Å². The molecular formula is C18H22BrNO5. The predicted octanol–water partition coefficient (Wildman–Crippen LogP) is 3.46. The van der Waals surface area contributed by atoms with E-state index < -0.39 is 29.6 Å². The monoisotopic (exact) mass is 411 g/mol. The van der Waals surface area contributed by atoms with Crippen molar-refractivity contribution in [1.82, 2.24) is 4.90 Å². The van der Waals surface area contributed by atoms with E-state index in [4.69, 9.17) is 9.47 Å². The van der Waals surface area contributed by atoms with Gasteiger partial charge in [-0.25, -0.2) is 4.79 Å². The Bertz CT molecular complexity index is 650. The number of amides is 3. The van der Waals surface area contributed by atoms with Crippen molar-refractivity contribution in [3.8, 4) is 0 Å². The number of carbonyl (C=O) groups is 3. The van der Waals surface area contributed by atoms with Crippen LogP contribution in [-0.4, -0.2) is 41.1 Å². The lowest BCUT2D eigenvalue weighted by molar-refractivity contribution is -0.156. The summed E-state index contributed by atoms with van der Waals surface area (Å²) in [5.74, 6) is -1.20. The topological polar surface area (TPSA) is 72.9 Å². The highest BCUT2D eigenvalue weighted by molar-refractivity contribution is 9.10. The summed E-state index contributed by atoms with van der Waals surface area (Å²) in [7, 11) is 0. The molecular weight excluding hydrogens is 390 g/mol. The number of hydrogen-bond donors (Lipinski definition) is 0. The predicted molar refractivity (Wildman–Crippen MR) is 94.9 cm³/mol. The maximum atomic E-state index is 12.4. The van der Waals surface area contributed by atoms with Crippen molar-refractivity contribution in [2.75, 3.05) is 6.61 Å². The molecule has 0 saturated carbocycles. The summed E-state index contributed by atoms with van der Waals surface area (Å²) >= 11 is 3.37. The molecule has 0 aromatic heterocycles. The average molecular weight is 412 g/mol. The molecule has 1 aromatic rings. The van der Waals surface area contributed by atoms with Crippen LogP contribution in [0.15, 0.2) is 28.7 Å². The third-order valence-electron chi connectivity index (χ3n) is 3.56. The van der Waals surface area contributed by atoms with Gasteiger partial charge in [0.15, 0.2) is 0 Å². The second-order valence-electron chi connectivity index (χ2n) is 6.82. The number of nitrogens with zero attached hydrogens (tertiary/aromatic N) is 1. The maximum absolute atomic E-state index is 12.4. The van der Waals surface area contributed by atoms with Gasteiger partial charge in [0.1, 0.15) is 11.7 Å². The minimum absolute atomic E-state index is 0.0773. The zero-order valence-electron chi connectivity index (χ0n) is 14.6. The Balaban J connectivity index is 1.93. The van der Waals surface area contributed by atoms with Crippen LogP contribution in [0, 0.1) is 0 Å². The summed E-state index contributed by atoms with van der Waals surface area (Å²) < 4.78 is 11.8. The van der Waals surface area contributed by atoms with Crippen LogP contribution in [0.5, 0.6) is 0 Å². The van der Waals surface area contributed by atoms with Crippen LogP contribution in [-0.2, 0) is 25.5 Å². The van der Waals surface area contributed by atoms with E-state index in [-0.39, 0.29) is 12.8 Å². The fourth-order valence-electron chi connectivity index (χ4n) is 2.38. The Morgan fingerprint density at radius 1 is 1.24 bits per heavy atom. The van der Waals surface area contributed by atoms with Crippen molar-refractivity contribution in [3.63, 3.8) is 0 Å². The number of imide groups is 3. The van der Waals surface area contributed by atoms with E-state index in [0.717, 1.165) is 10.0 Å². The molecule has 0 spiro atoms. The summed E-state index contributed by atoms with van der Waals surface area (Å²) in [6.07, 6.45) is -0.757. The summed E-state index contributed by atoms with van der Waals surface area (Å²) in [4.78, 5) is 37.1. The average Bonchev–Trinajstić information content (AvgIpc) is 2.50. The van der Waals surface area contributed by atoms with Gasteiger partial charge in [0.05, 0.1) is 6.61 Å². The summed E-state index contributed by atoms with van der Waals surface area (Å²) in [5, 5.41) is 0. The van der Waals surface area contributed by atoms with Gasteiger partial charge in [0.25, 0.3) is 5.91 Å². The minimum Gasteiger partial charge on any atom is -0.443 e. The van der Waals surface area contributed by atoms with E-state index in [1.807, 2.05) is 24.3 Å². The van der Waals surface area contributed by atoms with Gasteiger partial charge in [-0.15, -0.1) is 0 Å². The molecule has 1 aromatic carbocycles. The van der Waals surface area contributed by atoms with Crippen LogP contribution < -0.4 is 0 Å². The van der Waals surface area contributed by atoms with Gasteiger partial charge in [-0.2, -0.15) is 4.90 Å². The molecule has 136 valence electrons. The lowest BCUT2D eigenvalue weighted by Gasteiger charge is -2.30. The van der Waals surface area contributed by atoms with Crippen molar-refractivity contribution in [1.29, 1.82) is 0 Å². The van der Waals surface area contributed by atoms with Crippen LogP contribution in [0.1, 0.15) is 39.2 Å². The van der Waals surface area contributed by atoms with Crippen molar-refractivity contribution in [3.05, 3.63) is 34.3 Å². The first-order valence-corrected chi connectivity index (χ1v) is 8.92. The van der Waals surface area contributed by atoms with Gasteiger partial charge in [-0.3, -0.25) is 9.59 Å². The summed E-state index contributed by atoms with van der Waals surface area (Å²) in [6, 6.07) is 7.80. The van der Waals surface area contributed by atoms with Crippen LogP contribution in [0.4, 0.5) is 4.79 Å². The van der Waals surface area contributed by atoms with Crippen molar-refractivity contribution in [2.24, 2.45) is 0 Å². The standard InChI is InChI=1S/C18H22BrNO5/c1-18(2,3)25-17(23)20-15(21)9-8-14(16(20)22)24-11-10-12-4-6-13(19)7-5-12/h4-7,14H,8-11H2,1-3H3. The van der Waals surface area contributed by atoms with Crippen LogP contribution in [0.3, 0.4) is 0 Å². The molecule has 1 heterocycles. The van der Waals surface area contributed by atoms with E-state index in [0.29, 0.717) is 17.9 Å². The van der Waals surface area contributed by atoms with Gasteiger partial charge >= 0.3 is 6.09 Å². The van der Waals surface area contributed by atoms with Crippen molar-refractivity contribution < 1.29 is 23.9 Å². The molecule has 1 unspecified atom stereocenters. The third-order valence-corrected chi connectivity index (χ3v) is 4.09. The highest BCUT2D eigenvalue weighted by Crippen LogP contribution is 2.20. The highest BCUT2D eigenvalue weighted by atomic mass is 79.9. The number of halogens is 1. The molecule has 2 rings (SSSR count). The smallest absolute Gasteiger partial charge is 0.424 e. The number of likely N-dealkylation sites (tertiary alicyclic amines) is 1. The van der Waals surface area contributed by atoms with Crippen LogP contribution >= 0.6 is 15.9 Å². The van der Waals surface area contributed by atoms with Gasteiger partial charge in [-0.05, 0) is 51.3 Å². The SMILES string of the molecule is CC(C)(C)OC(=O)N1C(=O)CCC(OCCc2ccc(Br)cc2)C1=O. The van der Waals surface area contributed by atoms with Crippen molar-refractivity contribution in [2.45, 2.75) is 51.7 Å². The molecule has 3 amide bonds. The Labute approximate surface area is 155 Å². The first-order chi connectivity index (χ1) is 11.7. The molecule has 7 heteroatoms. The Morgan fingerprint density at radius 3 is 2.48 bits per heavy atom. The molecule has 1 aliphatic rings. The minimum atomic E-state index is -0.941. The summed E-state index contributed by atoms with van der Waals surface area (Å²) in [5.41, 5.74) is 0.291. The number of carbonyl (C=O) groups excluding carboxylic acids is 3. The molecule has 0 bridgehead atoms. The van der Waals surface area contributed by atoms with Crippen LogP contribution in [0.25, 0.3) is 0 Å². The lowest BCUT2D eigenvalue weighted by atomic mass is 10.1. The quantitative estimate of drug-likeness (QED) is 0.709.